The number of carbonyl (C=O) groups excluding carboxylic acids is 1. The Morgan fingerprint density at radius 3 is 2.94 bits per heavy atom. The van der Waals surface area contributed by atoms with Gasteiger partial charge >= 0.3 is 0 Å². The Bertz CT molecular complexity index is 449. The molecule has 0 aliphatic rings. The predicted octanol–water partition coefficient (Wildman–Crippen LogP) is 1.05. The monoisotopic (exact) mass is 282 g/mol. The molecule has 0 aliphatic heterocycles. The number of methoxy groups -OCH3 is 1. The molecule has 1 aromatic rings. The van der Waals surface area contributed by atoms with Crippen molar-refractivity contribution in [2.24, 2.45) is 5.84 Å². The van der Waals surface area contributed by atoms with Crippen molar-refractivity contribution >= 4 is 21.8 Å². The zero-order valence-corrected chi connectivity index (χ0v) is 10.3. The number of nitrogen functional groups attached to an aromatic ring is 1. The van der Waals surface area contributed by atoms with Gasteiger partial charge in [-0.2, -0.15) is 0 Å². The van der Waals surface area contributed by atoms with Crippen LogP contribution in [0.1, 0.15) is 15.9 Å². The topological polar surface area (TPSA) is 64.3 Å². The molecule has 1 rings (SSSR count). The van der Waals surface area contributed by atoms with E-state index in [2.05, 4.69) is 33.2 Å². The summed E-state index contributed by atoms with van der Waals surface area (Å²) < 4.78 is 5.03. The summed E-state index contributed by atoms with van der Waals surface area (Å²) in [5.74, 6) is 11.0. The minimum absolute atomic E-state index is 0.391. The van der Waals surface area contributed by atoms with Crippen molar-refractivity contribution in [3.05, 3.63) is 29.3 Å². The number of alkyl halides is 1. The number of carbonyl (C=O) groups is 1. The molecule has 0 aliphatic carbocycles. The lowest BCUT2D eigenvalue weighted by atomic mass is 10.1. The third kappa shape index (κ3) is 2.99. The molecule has 0 heterocycles. The molecule has 0 radical (unpaired) electrons. The lowest BCUT2D eigenvalue weighted by molar-refractivity contribution is 0.0953. The van der Waals surface area contributed by atoms with Crippen LogP contribution in [0.25, 0.3) is 0 Å². The molecule has 3 N–H and O–H groups in total. The Morgan fingerprint density at radius 1 is 1.62 bits per heavy atom. The third-order valence-corrected chi connectivity index (χ3v) is 2.17. The number of ether oxygens (including phenoxy) is 1. The van der Waals surface area contributed by atoms with E-state index < -0.39 is 5.91 Å². The molecule has 0 saturated heterocycles. The average molecular weight is 283 g/mol. The van der Waals surface area contributed by atoms with Crippen LogP contribution in [0.15, 0.2) is 18.2 Å². The Hall–Kier alpha value is -1.51. The summed E-state index contributed by atoms with van der Waals surface area (Å²) in [5.41, 5.74) is 3.09. The number of hydrogen-bond donors (Lipinski definition) is 2. The molecule has 0 saturated carbocycles. The molecule has 16 heavy (non-hydrogen) atoms. The zero-order chi connectivity index (χ0) is 12.0. The van der Waals surface area contributed by atoms with Crippen molar-refractivity contribution < 1.29 is 9.53 Å². The smallest absolute Gasteiger partial charge is 0.266 e. The fraction of sp³-hybridized carbons (Fsp3) is 0.182. The van der Waals surface area contributed by atoms with Crippen LogP contribution in [0, 0.1) is 11.8 Å². The highest BCUT2D eigenvalue weighted by Gasteiger charge is 2.10. The lowest BCUT2D eigenvalue weighted by Crippen LogP contribution is -2.30. The first kappa shape index (κ1) is 12.6. The van der Waals surface area contributed by atoms with Crippen molar-refractivity contribution in [1.82, 2.24) is 5.43 Å². The van der Waals surface area contributed by atoms with Crippen LogP contribution in [0.4, 0.5) is 0 Å². The molecular formula is C11H11BrN2O2. The molecule has 0 atom stereocenters. The number of amides is 1. The fourth-order valence-corrected chi connectivity index (χ4v) is 1.29. The van der Waals surface area contributed by atoms with Gasteiger partial charge in [0.25, 0.3) is 5.91 Å². The van der Waals surface area contributed by atoms with Gasteiger partial charge in [-0.1, -0.05) is 27.8 Å². The van der Waals surface area contributed by atoms with E-state index in [0.29, 0.717) is 22.2 Å². The van der Waals surface area contributed by atoms with Crippen LogP contribution < -0.4 is 16.0 Å². The second-order valence-electron chi connectivity index (χ2n) is 2.82. The highest BCUT2D eigenvalue weighted by atomic mass is 79.9. The minimum atomic E-state index is -0.391. The summed E-state index contributed by atoms with van der Waals surface area (Å²) in [7, 11) is 1.53. The summed E-state index contributed by atoms with van der Waals surface area (Å²) >= 11 is 3.19. The predicted molar refractivity (Wildman–Crippen MR) is 65.3 cm³/mol. The normalized spacial score (nSPS) is 8.94. The summed E-state index contributed by atoms with van der Waals surface area (Å²) in [6.07, 6.45) is 0. The van der Waals surface area contributed by atoms with E-state index >= 15 is 0 Å². The van der Waals surface area contributed by atoms with E-state index in [-0.39, 0.29) is 0 Å². The van der Waals surface area contributed by atoms with Crippen LogP contribution in [0.2, 0.25) is 0 Å². The van der Waals surface area contributed by atoms with E-state index in [1.165, 1.54) is 7.11 Å². The molecule has 84 valence electrons. The average Bonchev–Trinajstić information content (AvgIpc) is 2.35. The number of nitrogens with one attached hydrogen (secondary N) is 1. The Kier molecular flexibility index (Phi) is 4.83. The van der Waals surface area contributed by atoms with Gasteiger partial charge in [0.1, 0.15) is 5.75 Å². The summed E-state index contributed by atoms with van der Waals surface area (Å²) in [6.45, 7) is 0. The minimum Gasteiger partial charge on any atom is -0.497 e. The molecule has 0 fully saturated rings. The number of hydrogen-bond acceptors (Lipinski definition) is 3. The van der Waals surface area contributed by atoms with Crippen molar-refractivity contribution in [3.8, 4) is 17.6 Å². The molecule has 0 spiro atoms. The molecule has 1 aromatic carbocycles. The van der Waals surface area contributed by atoms with E-state index in [9.17, 15) is 4.79 Å². The van der Waals surface area contributed by atoms with Crippen molar-refractivity contribution in [2.45, 2.75) is 0 Å². The lowest BCUT2D eigenvalue weighted by Gasteiger charge is -2.05. The number of hydrazine groups is 1. The fourth-order valence-electron chi connectivity index (χ4n) is 1.15. The number of halogens is 1. The molecule has 0 unspecified atom stereocenters. The summed E-state index contributed by atoms with van der Waals surface area (Å²) in [4.78, 5) is 11.5. The SMILES string of the molecule is COc1ccc(C#CCBr)c(C(=O)NN)c1. The van der Waals surface area contributed by atoms with Gasteiger partial charge in [-0.25, -0.2) is 5.84 Å². The maximum atomic E-state index is 11.5. The highest BCUT2D eigenvalue weighted by molar-refractivity contribution is 9.09. The number of benzene rings is 1. The first-order chi connectivity index (χ1) is 7.72. The quantitative estimate of drug-likeness (QED) is 0.280. The van der Waals surface area contributed by atoms with Crippen molar-refractivity contribution in [3.63, 3.8) is 0 Å². The maximum absolute atomic E-state index is 11.5. The van der Waals surface area contributed by atoms with Crippen LogP contribution in [-0.4, -0.2) is 18.3 Å². The molecular weight excluding hydrogens is 272 g/mol. The first-order valence-electron chi connectivity index (χ1n) is 4.46. The summed E-state index contributed by atoms with van der Waals surface area (Å²) in [6, 6.07) is 5.06. The second-order valence-corrected chi connectivity index (χ2v) is 3.38. The highest BCUT2D eigenvalue weighted by Crippen LogP contribution is 2.16. The largest absolute Gasteiger partial charge is 0.497 e. The van der Waals surface area contributed by atoms with E-state index in [1.807, 2.05) is 0 Å². The van der Waals surface area contributed by atoms with Crippen LogP contribution in [-0.2, 0) is 0 Å². The van der Waals surface area contributed by atoms with Gasteiger partial charge in [-0.05, 0) is 18.2 Å². The second kappa shape index (κ2) is 6.16. The zero-order valence-electron chi connectivity index (χ0n) is 8.71. The van der Waals surface area contributed by atoms with Crippen LogP contribution in [0.5, 0.6) is 5.75 Å². The van der Waals surface area contributed by atoms with Gasteiger partial charge in [0.2, 0.25) is 0 Å². The first-order valence-corrected chi connectivity index (χ1v) is 5.59. The van der Waals surface area contributed by atoms with E-state index in [0.717, 1.165) is 0 Å². The van der Waals surface area contributed by atoms with Gasteiger partial charge in [-0.15, -0.1) is 0 Å². The Labute approximate surface area is 102 Å². The Morgan fingerprint density at radius 2 is 2.38 bits per heavy atom. The molecule has 4 nitrogen and oxygen atoms in total. The molecule has 1 amide bonds. The van der Waals surface area contributed by atoms with Gasteiger partial charge in [0.15, 0.2) is 0 Å². The Balaban J connectivity index is 3.21. The third-order valence-electron chi connectivity index (χ3n) is 1.89. The van der Waals surface area contributed by atoms with Crippen LogP contribution in [0.3, 0.4) is 0 Å². The van der Waals surface area contributed by atoms with Gasteiger partial charge in [0.05, 0.1) is 18.0 Å². The number of nitrogens with two attached hydrogens (primary N) is 1. The van der Waals surface area contributed by atoms with E-state index in [1.54, 1.807) is 18.2 Å². The number of rotatable bonds is 2. The molecule has 5 heteroatoms. The van der Waals surface area contributed by atoms with Crippen molar-refractivity contribution in [1.29, 1.82) is 0 Å². The van der Waals surface area contributed by atoms with Gasteiger partial charge < -0.3 is 4.74 Å². The maximum Gasteiger partial charge on any atom is 0.266 e. The van der Waals surface area contributed by atoms with Crippen molar-refractivity contribution in [2.75, 3.05) is 12.4 Å². The van der Waals surface area contributed by atoms with Crippen LogP contribution >= 0.6 is 15.9 Å². The molecule has 0 aromatic heterocycles. The molecule has 0 bridgehead atoms. The van der Waals surface area contributed by atoms with E-state index in [4.69, 9.17) is 10.6 Å². The van der Waals surface area contributed by atoms with Gasteiger partial charge in [0, 0.05) is 5.56 Å². The summed E-state index contributed by atoms with van der Waals surface area (Å²) in [5, 5.41) is 0.544. The van der Waals surface area contributed by atoms with Gasteiger partial charge in [-0.3, -0.25) is 10.2 Å². The standard InChI is InChI=1S/C11H11BrN2O2/c1-16-9-5-4-8(3-2-6-12)10(7-9)11(15)14-13/h4-5,7H,6,13H2,1H3,(H,14,15).